The van der Waals surface area contributed by atoms with Crippen molar-refractivity contribution in [2.75, 3.05) is 32.8 Å². The zero-order valence-electron chi connectivity index (χ0n) is 14.5. The molecular formula is C18H26N4O2. The average molecular weight is 330 g/mol. The summed E-state index contributed by atoms with van der Waals surface area (Å²) in [5, 5.41) is 13.5. The summed E-state index contributed by atoms with van der Waals surface area (Å²) in [6.07, 6.45) is 0.986. The Morgan fingerprint density at radius 2 is 2.04 bits per heavy atom. The first kappa shape index (κ1) is 17.1. The van der Waals surface area contributed by atoms with Crippen LogP contribution >= 0.6 is 0 Å². The second-order valence-electron chi connectivity index (χ2n) is 6.44. The molecule has 1 aromatic carbocycles. The highest BCUT2D eigenvalue weighted by atomic mass is 16.5. The standard InChI is InChI=1S/C18H26N4O2/c1-3-16(13-23)22-9-7-21(8-10-22)12-17-19-18(20-24-17)15-6-4-5-14(2)11-15/h4-6,11,16,23H,3,7-10,12-13H2,1-2H3. The molecule has 0 radical (unpaired) electrons. The van der Waals surface area contributed by atoms with E-state index >= 15 is 0 Å². The van der Waals surface area contributed by atoms with E-state index in [2.05, 4.69) is 45.9 Å². The number of nitrogens with zero attached hydrogens (tertiary/aromatic N) is 4. The van der Waals surface area contributed by atoms with Crippen LogP contribution in [0.25, 0.3) is 11.4 Å². The van der Waals surface area contributed by atoms with Crippen LogP contribution in [0.1, 0.15) is 24.8 Å². The van der Waals surface area contributed by atoms with Crippen LogP contribution in [0.4, 0.5) is 0 Å². The maximum Gasteiger partial charge on any atom is 0.241 e. The molecule has 1 atom stereocenters. The number of aromatic nitrogens is 2. The lowest BCUT2D eigenvalue weighted by Crippen LogP contribution is -2.50. The van der Waals surface area contributed by atoms with Gasteiger partial charge in [-0.05, 0) is 19.4 Å². The van der Waals surface area contributed by atoms with Gasteiger partial charge in [0.25, 0.3) is 0 Å². The van der Waals surface area contributed by atoms with Gasteiger partial charge >= 0.3 is 0 Å². The summed E-state index contributed by atoms with van der Waals surface area (Å²) < 4.78 is 5.42. The topological polar surface area (TPSA) is 65.6 Å². The molecule has 1 N–H and O–H groups in total. The maximum atomic E-state index is 9.42. The van der Waals surface area contributed by atoms with Crippen molar-refractivity contribution in [3.63, 3.8) is 0 Å². The molecule has 0 saturated carbocycles. The van der Waals surface area contributed by atoms with Crippen molar-refractivity contribution >= 4 is 0 Å². The molecule has 0 spiro atoms. The number of hydrogen-bond acceptors (Lipinski definition) is 6. The average Bonchev–Trinajstić information content (AvgIpc) is 3.06. The van der Waals surface area contributed by atoms with E-state index in [1.54, 1.807) is 0 Å². The fourth-order valence-corrected chi connectivity index (χ4v) is 3.20. The van der Waals surface area contributed by atoms with Gasteiger partial charge in [-0.15, -0.1) is 0 Å². The molecule has 6 heteroatoms. The van der Waals surface area contributed by atoms with Gasteiger partial charge in [-0.2, -0.15) is 4.98 Å². The van der Waals surface area contributed by atoms with Gasteiger partial charge in [0.15, 0.2) is 0 Å². The van der Waals surface area contributed by atoms with Crippen LogP contribution in [-0.2, 0) is 6.54 Å². The second kappa shape index (κ2) is 7.88. The molecule has 0 amide bonds. The minimum Gasteiger partial charge on any atom is -0.395 e. The molecule has 1 saturated heterocycles. The summed E-state index contributed by atoms with van der Waals surface area (Å²) >= 11 is 0. The Bertz CT molecular complexity index is 646. The van der Waals surface area contributed by atoms with Gasteiger partial charge in [-0.3, -0.25) is 9.80 Å². The van der Waals surface area contributed by atoms with Crippen LogP contribution in [0.3, 0.4) is 0 Å². The van der Waals surface area contributed by atoms with Crippen LogP contribution in [0.15, 0.2) is 28.8 Å². The minimum absolute atomic E-state index is 0.236. The number of rotatable bonds is 6. The smallest absolute Gasteiger partial charge is 0.241 e. The molecule has 1 aliphatic heterocycles. The lowest BCUT2D eigenvalue weighted by atomic mass is 10.1. The van der Waals surface area contributed by atoms with Crippen molar-refractivity contribution in [1.29, 1.82) is 0 Å². The Labute approximate surface area is 143 Å². The molecule has 6 nitrogen and oxygen atoms in total. The summed E-state index contributed by atoms with van der Waals surface area (Å²) in [6, 6.07) is 8.40. The Morgan fingerprint density at radius 3 is 2.71 bits per heavy atom. The third kappa shape index (κ3) is 4.01. The molecule has 24 heavy (non-hydrogen) atoms. The predicted molar refractivity (Wildman–Crippen MR) is 92.5 cm³/mol. The van der Waals surface area contributed by atoms with E-state index in [9.17, 15) is 5.11 Å². The fraction of sp³-hybridized carbons (Fsp3) is 0.556. The normalized spacial score (nSPS) is 18.0. The van der Waals surface area contributed by atoms with Crippen molar-refractivity contribution in [2.45, 2.75) is 32.9 Å². The monoisotopic (exact) mass is 330 g/mol. The highest BCUT2D eigenvalue weighted by Crippen LogP contribution is 2.18. The number of piperazine rings is 1. The van der Waals surface area contributed by atoms with Crippen molar-refractivity contribution in [1.82, 2.24) is 19.9 Å². The molecule has 2 heterocycles. The van der Waals surface area contributed by atoms with Crippen LogP contribution in [0, 0.1) is 6.92 Å². The van der Waals surface area contributed by atoms with Gasteiger partial charge in [-0.25, -0.2) is 0 Å². The van der Waals surface area contributed by atoms with E-state index in [4.69, 9.17) is 4.52 Å². The second-order valence-corrected chi connectivity index (χ2v) is 6.44. The van der Waals surface area contributed by atoms with Crippen LogP contribution < -0.4 is 0 Å². The summed E-state index contributed by atoms with van der Waals surface area (Å²) in [5.74, 6) is 1.31. The number of aliphatic hydroxyl groups excluding tert-OH is 1. The maximum absolute atomic E-state index is 9.42. The summed E-state index contributed by atoms with van der Waals surface area (Å²) in [4.78, 5) is 9.22. The van der Waals surface area contributed by atoms with Gasteiger partial charge in [0.2, 0.25) is 11.7 Å². The highest BCUT2D eigenvalue weighted by molar-refractivity contribution is 5.55. The van der Waals surface area contributed by atoms with E-state index < -0.39 is 0 Å². The number of hydrogen-bond donors (Lipinski definition) is 1. The summed E-state index contributed by atoms with van der Waals surface area (Å²) in [7, 11) is 0. The van der Waals surface area contributed by atoms with Crippen molar-refractivity contribution in [3.05, 3.63) is 35.7 Å². The third-order valence-electron chi connectivity index (χ3n) is 4.71. The lowest BCUT2D eigenvalue weighted by molar-refractivity contribution is 0.0568. The van der Waals surface area contributed by atoms with Crippen LogP contribution in [0.5, 0.6) is 0 Å². The molecule has 2 aromatic rings. The Balaban J connectivity index is 1.56. The first-order valence-corrected chi connectivity index (χ1v) is 8.66. The summed E-state index contributed by atoms with van der Waals surface area (Å²) in [6.45, 7) is 8.95. The van der Waals surface area contributed by atoms with Crippen molar-refractivity contribution in [2.24, 2.45) is 0 Å². The van der Waals surface area contributed by atoms with Gasteiger partial charge < -0.3 is 9.63 Å². The molecule has 0 aliphatic carbocycles. The summed E-state index contributed by atoms with van der Waals surface area (Å²) in [5.41, 5.74) is 2.17. The number of aryl methyl sites for hydroxylation is 1. The molecule has 130 valence electrons. The van der Waals surface area contributed by atoms with E-state index in [0.717, 1.165) is 38.2 Å². The number of benzene rings is 1. The number of aliphatic hydroxyl groups is 1. The van der Waals surface area contributed by atoms with E-state index in [1.807, 2.05) is 12.1 Å². The predicted octanol–water partition coefficient (Wildman–Crippen LogP) is 1.93. The van der Waals surface area contributed by atoms with Gasteiger partial charge in [0.05, 0.1) is 13.2 Å². The molecule has 1 aliphatic rings. The molecule has 1 fully saturated rings. The van der Waals surface area contributed by atoms with Gasteiger partial charge in [0, 0.05) is 37.8 Å². The van der Waals surface area contributed by atoms with E-state index in [1.165, 1.54) is 5.56 Å². The van der Waals surface area contributed by atoms with E-state index in [0.29, 0.717) is 18.3 Å². The SMILES string of the molecule is CCC(CO)N1CCN(Cc2nc(-c3cccc(C)c3)no2)CC1. The third-order valence-corrected chi connectivity index (χ3v) is 4.71. The molecule has 1 unspecified atom stereocenters. The van der Waals surface area contributed by atoms with Crippen molar-refractivity contribution in [3.8, 4) is 11.4 Å². The Hall–Kier alpha value is -1.76. The minimum atomic E-state index is 0.236. The zero-order valence-corrected chi connectivity index (χ0v) is 14.5. The molecule has 3 rings (SSSR count). The quantitative estimate of drug-likeness (QED) is 0.873. The lowest BCUT2D eigenvalue weighted by Gasteiger charge is -2.37. The van der Waals surface area contributed by atoms with E-state index in [-0.39, 0.29) is 12.6 Å². The largest absolute Gasteiger partial charge is 0.395 e. The Morgan fingerprint density at radius 1 is 1.25 bits per heavy atom. The molecular weight excluding hydrogens is 304 g/mol. The first-order valence-electron chi connectivity index (χ1n) is 8.66. The highest BCUT2D eigenvalue weighted by Gasteiger charge is 2.23. The molecule has 1 aromatic heterocycles. The fourth-order valence-electron chi connectivity index (χ4n) is 3.20. The Kier molecular flexibility index (Phi) is 5.60. The van der Waals surface area contributed by atoms with Gasteiger partial charge in [-0.1, -0.05) is 35.8 Å². The van der Waals surface area contributed by atoms with Crippen molar-refractivity contribution < 1.29 is 9.63 Å². The molecule has 0 bridgehead atoms. The van der Waals surface area contributed by atoms with Crippen LogP contribution in [-0.4, -0.2) is 63.9 Å². The zero-order chi connectivity index (χ0) is 16.9. The van der Waals surface area contributed by atoms with Gasteiger partial charge in [0.1, 0.15) is 0 Å². The van der Waals surface area contributed by atoms with Crippen LogP contribution in [0.2, 0.25) is 0 Å². The first-order chi connectivity index (χ1) is 11.7.